The Morgan fingerprint density at radius 2 is 1.87 bits per heavy atom. The van der Waals surface area contributed by atoms with Gasteiger partial charge in [0.25, 0.3) is 0 Å². The first-order chi connectivity index (χ1) is 18.6. The molecule has 0 saturated heterocycles. The summed E-state index contributed by atoms with van der Waals surface area (Å²) in [5, 5.41) is 38.9. The van der Waals surface area contributed by atoms with Crippen molar-refractivity contribution < 1.29 is 15.3 Å². The summed E-state index contributed by atoms with van der Waals surface area (Å²) in [6.45, 7) is 8.92. The summed E-state index contributed by atoms with van der Waals surface area (Å²) in [7, 11) is 0. The Hall–Kier alpha value is -3.18. The molecule has 5 N–H and O–H groups in total. The number of hydrogen-bond donors (Lipinski definition) is 5. The molecule has 0 bridgehead atoms. The molecule has 3 aromatic heterocycles. The molecule has 9 nitrogen and oxygen atoms in total. The lowest BCUT2D eigenvalue weighted by Gasteiger charge is -2.31. The van der Waals surface area contributed by atoms with Gasteiger partial charge in [-0.25, -0.2) is 9.97 Å². The quantitative estimate of drug-likeness (QED) is 0.204. The molecule has 0 amide bonds. The van der Waals surface area contributed by atoms with Crippen molar-refractivity contribution in [2.24, 2.45) is 5.92 Å². The molecular weight excluding hydrogens is 512 g/mol. The minimum Gasteiger partial charge on any atom is -0.396 e. The molecule has 5 rings (SSSR count). The van der Waals surface area contributed by atoms with Crippen molar-refractivity contribution in [3.05, 3.63) is 59.5 Å². The molecule has 206 valence electrons. The van der Waals surface area contributed by atoms with Crippen LogP contribution in [-0.4, -0.2) is 60.2 Å². The van der Waals surface area contributed by atoms with Crippen LogP contribution in [-0.2, 0) is 11.8 Å². The number of aromatic nitrogens is 4. The topological polar surface area (TPSA) is 136 Å². The highest BCUT2D eigenvalue weighted by Crippen LogP contribution is 2.40. The van der Waals surface area contributed by atoms with E-state index in [2.05, 4.69) is 60.7 Å². The first-order valence-corrected chi connectivity index (χ1v) is 14.1. The smallest absolute Gasteiger partial charge is 0.224 e. The zero-order valence-corrected chi connectivity index (χ0v) is 23.6. The van der Waals surface area contributed by atoms with Crippen LogP contribution in [0.5, 0.6) is 0 Å². The maximum atomic E-state index is 11.3. The Morgan fingerprint density at radius 1 is 1.10 bits per heavy atom. The first-order valence-electron chi connectivity index (χ1n) is 13.3. The molecular formula is C29H36N6O3S. The minimum atomic E-state index is -1.63. The molecule has 0 spiro atoms. The third kappa shape index (κ3) is 5.74. The second kappa shape index (κ2) is 10.8. The monoisotopic (exact) mass is 548 g/mol. The molecule has 39 heavy (non-hydrogen) atoms. The van der Waals surface area contributed by atoms with Crippen LogP contribution in [0.2, 0.25) is 0 Å². The fraction of sp³-hybridized carbons (Fsp3) is 0.448. The van der Waals surface area contributed by atoms with E-state index >= 15 is 0 Å². The highest BCUT2D eigenvalue weighted by Gasteiger charge is 2.47. The molecule has 1 aromatic carbocycles. The largest absolute Gasteiger partial charge is 0.396 e. The summed E-state index contributed by atoms with van der Waals surface area (Å²) >= 11 is 1.49. The van der Waals surface area contributed by atoms with E-state index in [1.165, 1.54) is 22.5 Å². The second-order valence-corrected chi connectivity index (χ2v) is 12.3. The van der Waals surface area contributed by atoms with Crippen LogP contribution < -0.4 is 10.6 Å². The van der Waals surface area contributed by atoms with Crippen LogP contribution in [0.4, 0.5) is 11.8 Å². The predicted molar refractivity (Wildman–Crippen MR) is 155 cm³/mol. The normalized spacial score (nSPS) is 21.4. The SMILES string of the molecule is Cc1nc(NCCc2ccc(C(C)(C)C)cc2)nc(NC2(O)CCC(CO)C2O)c1-c1nc2cnccc2s1. The van der Waals surface area contributed by atoms with Crippen LogP contribution in [0, 0.1) is 12.8 Å². The summed E-state index contributed by atoms with van der Waals surface area (Å²) < 4.78 is 0.977. The Bertz CT molecular complexity index is 1420. The van der Waals surface area contributed by atoms with Gasteiger partial charge < -0.3 is 26.0 Å². The maximum absolute atomic E-state index is 11.3. The average molecular weight is 549 g/mol. The lowest BCUT2D eigenvalue weighted by atomic mass is 9.86. The van der Waals surface area contributed by atoms with E-state index in [0.717, 1.165) is 16.6 Å². The van der Waals surface area contributed by atoms with Crippen LogP contribution in [0.3, 0.4) is 0 Å². The molecule has 1 saturated carbocycles. The highest BCUT2D eigenvalue weighted by atomic mass is 32.1. The number of thiazole rings is 1. The number of nitrogens with zero attached hydrogens (tertiary/aromatic N) is 4. The van der Waals surface area contributed by atoms with E-state index in [4.69, 9.17) is 15.0 Å². The van der Waals surface area contributed by atoms with Crippen molar-refractivity contribution in [2.45, 2.75) is 64.2 Å². The number of benzene rings is 1. The number of hydrogen-bond acceptors (Lipinski definition) is 10. The molecule has 10 heteroatoms. The van der Waals surface area contributed by atoms with Gasteiger partial charge in [0, 0.05) is 25.3 Å². The van der Waals surface area contributed by atoms with Crippen LogP contribution in [0.25, 0.3) is 20.8 Å². The average Bonchev–Trinajstić information content (AvgIpc) is 3.44. The van der Waals surface area contributed by atoms with E-state index < -0.39 is 17.7 Å². The lowest BCUT2D eigenvalue weighted by Crippen LogP contribution is -2.48. The summed E-state index contributed by atoms with van der Waals surface area (Å²) in [4.78, 5) is 18.4. The van der Waals surface area contributed by atoms with Crippen LogP contribution >= 0.6 is 11.3 Å². The van der Waals surface area contributed by atoms with Crippen molar-refractivity contribution >= 4 is 33.3 Å². The molecule has 3 heterocycles. The molecule has 1 fully saturated rings. The number of aryl methyl sites for hydroxylation is 1. The molecule has 3 unspecified atom stereocenters. The summed E-state index contributed by atoms with van der Waals surface area (Å²) in [5.74, 6) is 0.388. The Labute approximate surface area is 232 Å². The summed E-state index contributed by atoms with van der Waals surface area (Å²) in [6.07, 6.45) is 3.86. The van der Waals surface area contributed by atoms with Crippen molar-refractivity contribution in [3.63, 3.8) is 0 Å². The first kappa shape index (κ1) is 27.4. The number of anilines is 2. The Balaban J connectivity index is 1.42. The zero-order chi connectivity index (χ0) is 27.8. The van der Waals surface area contributed by atoms with E-state index in [9.17, 15) is 15.3 Å². The Kier molecular flexibility index (Phi) is 7.56. The van der Waals surface area contributed by atoms with Crippen LogP contribution in [0.15, 0.2) is 42.7 Å². The van der Waals surface area contributed by atoms with Gasteiger partial charge in [0.1, 0.15) is 22.4 Å². The zero-order valence-electron chi connectivity index (χ0n) is 22.8. The number of aliphatic hydroxyl groups is 3. The highest BCUT2D eigenvalue weighted by molar-refractivity contribution is 7.21. The van der Waals surface area contributed by atoms with Crippen molar-refractivity contribution in [3.8, 4) is 10.6 Å². The molecule has 3 atom stereocenters. The predicted octanol–water partition coefficient (Wildman–Crippen LogP) is 4.27. The number of nitrogens with one attached hydrogen (secondary N) is 2. The van der Waals surface area contributed by atoms with E-state index in [0.29, 0.717) is 41.0 Å². The summed E-state index contributed by atoms with van der Waals surface area (Å²) in [6, 6.07) is 10.6. The van der Waals surface area contributed by atoms with Crippen LogP contribution in [0.1, 0.15) is 50.4 Å². The standard InChI is InChI=1S/C29H36N6O3S/c1-17-23(26-33-21-15-30-13-11-22(21)39-26)25(35-29(38)12-9-19(16-36)24(29)37)34-27(32-17)31-14-10-18-5-7-20(8-6-18)28(2,3)4/h5-8,11,13,15,19,24,36-38H,9-10,12,14,16H2,1-4H3,(H2,31,32,34,35). The second-order valence-electron chi connectivity index (χ2n) is 11.3. The maximum Gasteiger partial charge on any atom is 0.224 e. The number of pyridine rings is 1. The Morgan fingerprint density at radius 3 is 2.54 bits per heavy atom. The molecule has 0 aliphatic heterocycles. The van der Waals surface area contributed by atoms with Gasteiger partial charge in [0.05, 0.1) is 22.2 Å². The van der Waals surface area contributed by atoms with Gasteiger partial charge in [-0.15, -0.1) is 11.3 Å². The molecule has 0 radical (unpaired) electrons. The fourth-order valence-electron chi connectivity index (χ4n) is 5.01. The van der Waals surface area contributed by atoms with E-state index in [1.54, 1.807) is 12.4 Å². The number of fused-ring (bicyclic) bond motifs is 1. The minimum absolute atomic E-state index is 0.112. The van der Waals surface area contributed by atoms with Crippen molar-refractivity contribution in [1.82, 2.24) is 19.9 Å². The van der Waals surface area contributed by atoms with Gasteiger partial charge in [0.2, 0.25) is 5.95 Å². The third-order valence-electron chi connectivity index (χ3n) is 7.41. The number of rotatable bonds is 8. The van der Waals surface area contributed by atoms with E-state index in [1.807, 2.05) is 13.0 Å². The van der Waals surface area contributed by atoms with E-state index in [-0.39, 0.29) is 18.4 Å². The fourth-order valence-corrected chi connectivity index (χ4v) is 6.04. The third-order valence-corrected chi connectivity index (χ3v) is 8.47. The van der Waals surface area contributed by atoms with Crippen molar-refractivity contribution in [1.29, 1.82) is 0 Å². The van der Waals surface area contributed by atoms with Gasteiger partial charge in [-0.3, -0.25) is 4.98 Å². The van der Waals surface area contributed by atoms with Crippen molar-refractivity contribution in [2.75, 3.05) is 23.8 Å². The van der Waals surface area contributed by atoms with Gasteiger partial charge in [-0.1, -0.05) is 45.0 Å². The number of aliphatic hydroxyl groups excluding tert-OH is 2. The molecule has 1 aliphatic carbocycles. The summed E-state index contributed by atoms with van der Waals surface area (Å²) in [5.41, 5.74) is 3.10. The molecule has 4 aromatic rings. The van der Waals surface area contributed by atoms with Gasteiger partial charge >= 0.3 is 0 Å². The van der Waals surface area contributed by atoms with Gasteiger partial charge in [-0.2, -0.15) is 4.98 Å². The van der Waals surface area contributed by atoms with Gasteiger partial charge in [0.15, 0.2) is 5.72 Å². The lowest BCUT2D eigenvalue weighted by molar-refractivity contribution is -0.0545. The molecule has 1 aliphatic rings. The van der Waals surface area contributed by atoms with Gasteiger partial charge in [-0.05, 0) is 48.8 Å².